The largest absolute Gasteiger partial charge is 0.463 e. The molecule has 0 amide bonds. The van der Waals surface area contributed by atoms with Crippen LogP contribution in [0.4, 0.5) is 0 Å². The van der Waals surface area contributed by atoms with E-state index in [1.54, 1.807) is 0 Å². The van der Waals surface area contributed by atoms with Gasteiger partial charge in [0.2, 0.25) is 0 Å². The Kier molecular flexibility index (Phi) is 9.24. The molecule has 0 bridgehead atoms. The standard InChI is InChI=1S/C12H25NO3/c1-4-5-11(8-13)12(14)16-7-6-15-9-10(2)3/h10-11H,4-9,13H2,1-3H3. The number of nitrogens with two attached hydrogens (primary N) is 1. The van der Waals surface area contributed by atoms with Crippen molar-refractivity contribution in [2.45, 2.75) is 33.6 Å². The number of hydrogen-bond acceptors (Lipinski definition) is 4. The first kappa shape index (κ1) is 15.4. The number of esters is 1. The molecule has 0 saturated carbocycles. The van der Waals surface area contributed by atoms with Crippen molar-refractivity contribution < 1.29 is 14.3 Å². The summed E-state index contributed by atoms with van der Waals surface area (Å²) in [5.41, 5.74) is 5.50. The molecule has 1 unspecified atom stereocenters. The maximum atomic E-state index is 11.5. The molecule has 2 N–H and O–H groups in total. The van der Waals surface area contributed by atoms with E-state index in [1.165, 1.54) is 0 Å². The molecule has 4 nitrogen and oxygen atoms in total. The van der Waals surface area contributed by atoms with E-state index in [-0.39, 0.29) is 11.9 Å². The van der Waals surface area contributed by atoms with E-state index < -0.39 is 0 Å². The fraction of sp³-hybridized carbons (Fsp3) is 0.917. The molecule has 0 rings (SSSR count). The van der Waals surface area contributed by atoms with E-state index >= 15 is 0 Å². The van der Waals surface area contributed by atoms with Gasteiger partial charge in [-0.05, 0) is 12.3 Å². The lowest BCUT2D eigenvalue weighted by molar-refractivity contribution is -0.150. The van der Waals surface area contributed by atoms with Gasteiger partial charge in [-0.1, -0.05) is 27.2 Å². The monoisotopic (exact) mass is 231 g/mol. The van der Waals surface area contributed by atoms with E-state index in [1.807, 2.05) is 6.92 Å². The Morgan fingerprint density at radius 1 is 1.31 bits per heavy atom. The molecule has 0 aliphatic heterocycles. The molecule has 0 aromatic carbocycles. The van der Waals surface area contributed by atoms with Crippen LogP contribution in [0.3, 0.4) is 0 Å². The van der Waals surface area contributed by atoms with Crippen molar-refractivity contribution in [1.82, 2.24) is 0 Å². The van der Waals surface area contributed by atoms with Gasteiger partial charge in [-0.3, -0.25) is 4.79 Å². The zero-order valence-corrected chi connectivity index (χ0v) is 10.7. The Morgan fingerprint density at radius 3 is 2.50 bits per heavy atom. The van der Waals surface area contributed by atoms with E-state index in [0.29, 0.717) is 32.3 Å². The molecule has 0 spiro atoms. The summed E-state index contributed by atoms with van der Waals surface area (Å²) in [4.78, 5) is 11.5. The van der Waals surface area contributed by atoms with Crippen molar-refractivity contribution in [3.05, 3.63) is 0 Å². The molecule has 4 heteroatoms. The van der Waals surface area contributed by atoms with E-state index in [9.17, 15) is 4.79 Å². The zero-order chi connectivity index (χ0) is 12.4. The minimum absolute atomic E-state index is 0.157. The maximum absolute atomic E-state index is 11.5. The van der Waals surface area contributed by atoms with Gasteiger partial charge in [-0.15, -0.1) is 0 Å². The Balaban J connectivity index is 3.55. The van der Waals surface area contributed by atoms with Gasteiger partial charge in [0, 0.05) is 13.2 Å². The maximum Gasteiger partial charge on any atom is 0.310 e. The van der Waals surface area contributed by atoms with Crippen molar-refractivity contribution in [2.75, 3.05) is 26.4 Å². The predicted molar refractivity (Wildman–Crippen MR) is 64.1 cm³/mol. The SMILES string of the molecule is CCCC(CN)C(=O)OCCOCC(C)C. The summed E-state index contributed by atoms with van der Waals surface area (Å²) >= 11 is 0. The fourth-order valence-corrected chi connectivity index (χ4v) is 1.32. The highest BCUT2D eigenvalue weighted by Gasteiger charge is 2.16. The van der Waals surface area contributed by atoms with Gasteiger partial charge < -0.3 is 15.2 Å². The number of rotatable bonds is 9. The molecule has 0 aromatic rings. The highest BCUT2D eigenvalue weighted by Crippen LogP contribution is 2.06. The van der Waals surface area contributed by atoms with Gasteiger partial charge in [0.15, 0.2) is 0 Å². The van der Waals surface area contributed by atoms with Crippen LogP contribution in [-0.2, 0) is 14.3 Å². The highest BCUT2D eigenvalue weighted by molar-refractivity contribution is 5.72. The molecular formula is C12H25NO3. The Labute approximate surface area is 98.5 Å². The Bertz CT molecular complexity index is 183. The minimum Gasteiger partial charge on any atom is -0.463 e. The summed E-state index contributed by atoms with van der Waals surface area (Å²) in [6.07, 6.45) is 1.74. The molecule has 96 valence electrons. The first-order chi connectivity index (χ1) is 7.61. The summed E-state index contributed by atoms with van der Waals surface area (Å²) in [5, 5.41) is 0. The van der Waals surface area contributed by atoms with Crippen LogP contribution in [0.15, 0.2) is 0 Å². The molecule has 0 radical (unpaired) electrons. The van der Waals surface area contributed by atoms with E-state index in [2.05, 4.69) is 13.8 Å². The normalized spacial score (nSPS) is 12.8. The average molecular weight is 231 g/mol. The smallest absolute Gasteiger partial charge is 0.310 e. The third-order valence-corrected chi connectivity index (χ3v) is 2.18. The number of hydrogen-bond donors (Lipinski definition) is 1. The van der Waals surface area contributed by atoms with Gasteiger partial charge in [-0.25, -0.2) is 0 Å². The summed E-state index contributed by atoms with van der Waals surface area (Å²) in [6.45, 7) is 8.04. The number of carbonyl (C=O) groups is 1. The lowest BCUT2D eigenvalue weighted by Crippen LogP contribution is -2.26. The van der Waals surface area contributed by atoms with E-state index in [4.69, 9.17) is 15.2 Å². The summed E-state index contributed by atoms with van der Waals surface area (Å²) < 4.78 is 10.4. The molecule has 0 heterocycles. The molecule has 0 fully saturated rings. The average Bonchev–Trinajstić information content (AvgIpc) is 2.24. The van der Waals surface area contributed by atoms with Crippen LogP contribution in [0.5, 0.6) is 0 Å². The number of ether oxygens (including phenoxy) is 2. The second-order valence-corrected chi connectivity index (χ2v) is 4.36. The van der Waals surface area contributed by atoms with Gasteiger partial charge in [-0.2, -0.15) is 0 Å². The van der Waals surface area contributed by atoms with Gasteiger partial charge in [0.25, 0.3) is 0 Å². The van der Waals surface area contributed by atoms with Crippen molar-refractivity contribution >= 4 is 5.97 Å². The summed E-state index contributed by atoms with van der Waals surface area (Å²) in [7, 11) is 0. The van der Waals surface area contributed by atoms with Crippen LogP contribution in [0.25, 0.3) is 0 Å². The second-order valence-electron chi connectivity index (χ2n) is 4.36. The molecular weight excluding hydrogens is 206 g/mol. The summed E-state index contributed by atoms with van der Waals surface area (Å²) in [6, 6.07) is 0. The van der Waals surface area contributed by atoms with Crippen molar-refractivity contribution in [3.8, 4) is 0 Å². The van der Waals surface area contributed by atoms with Gasteiger partial charge in [0.05, 0.1) is 12.5 Å². The van der Waals surface area contributed by atoms with Gasteiger partial charge >= 0.3 is 5.97 Å². The molecule has 0 aliphatic carbocycles. The van der Waals surface area contributed by atoms with Crippen LogP contribution in [-0.4, -0.2) is 32.3 Å². The first-order valence-corrected chi connectivity index (χ1v) is 6.06. The lowest BCUT2D eigenvalue weighted by atomic mass is 10.0. The van der Waals surface area contributed by atoms with Crippen molar-refractivity contribution in [2.24, 2.45) is 17.6 Å². The number of carbonyl (C=O) groups excluding carboxylic acids is 1. The third-order valence-electron chi connectivity index (χ3n) is 2.18. The van der Waals surface area contributed by atoms with Crippen LogP contribution < -0.4 is 5.73 Å². The second kappa shape index (κ2) is 9.60. The van der Waals surface area contributed by atoms with Crippen LogP contribution in [0.1, 0.15) is 33.6 Å². The van der Waals surface area contributed by atoms with Crippen LogP contribution in [0.2, 0.25) is 0 Å². The van der Waals surface area contributed by atoms with E-state index in [0.717, 1.165) is 12.8 Å². The Hall–Kier alpha value is -0.610. The lowest BCUT2D eigenvalue weighted by Gasteiger charge is -2.13. The van der Waals surface area contributed by atoms with Crippen molar-refractivity contribution in [3.63, 3.8) is 0 Å². The van der Waals surface area contributed by atoms with Crippen LogP contribution >= 0.6 is 0 Å². The van der Waals surface area contributed by atoms with Gasteiger partial charge in [0.1, 0.15) is 6.61 Å². The van der Waals surface area contributed by atoms with Crippen molar-refractivity contribution in [1.29, 1.82) is 0 Å². The minimum atomic E-state index is -0.197. The third kappa shape index (κ3) is 7.65. The molecule has 0 aromatic heterocycles. The predicted octanol–water partition coefficient (Wildman–Crippen LogP) is 1.58. The topological polar surface area (TPSA) is 61.6 Å². The zero-order valence-electron chi connectivity index (χ0n) is 10.7. The first-order valence-electron chi connectivity index (χ1n) is 6.06. The molecule has 0 aliphatic rings. The fourth-order valence-electron chi connectivity index (χ4n) is 1.32. The summed E-state index contributed by atoms with van der Waals surface area (Å²) in [5.74, 6) is 0.153. The molecule has 1 atom stereocenters. The highest BCUT2D eigenvalue weighted by atomic mass is 16.6. The Morgan fingerprint density at radius 2 is 2.00 bits per heavy atom. The molecule has 0 saturated heterocycles. The van der Waals surface area contributed by atoms with Crippen LogP contribution in [0, 0.1) is 11.8 Å². The molecule has 16 heavy (non-hydrogen) atoms. The quantitative estimate of drug-likeness (QED) is 0.483.